The maximum Gasteiger partial charge on any atom is 0.374 e. The van der Waals surface area contributed by atoms with Crippen LogP contribution in [-0.4, -0.2) is 34.1 Å². The number of rotatable bonds is 5. The number of methoxy groups -OCH3 is 1. The highest BCUT2D eigenvalue weighted by molar-refractivity contribution is 7.89. The molecule has 1 rings (SSSR count). The van der Waals surface area contributed by atoms with Crippen molar-refractivity contribution in [1.82, 2.24) is 4.72 Å². The highest BCUT2D eigenvalue weighted by atomic mass is 35.5. The molecule has 1 aromatic rings. The van der Waals surface area contributed by atoms with Crippen LogP contribution in [0.5, 0.6) is 0 Å². The van der Waals surface area contributed by atoms with Crippen LogP contribution in [-0.2, 0) is 14.8 Å². The smallest absolute Gasteiger partial charge is 0.374 e. The zero-order valence-corrected chi connectivity index (χ0v) is 12.4. The maximum atomic E-state index is 11.8. The second kappa shape index (κ2) is 6.90. The highest BCUT2D eigenvalue weighted by Gasteiger charge is 2.24. The first-order valence-electron chi connectivity index (χ1n) is 5.22. The van der Waals surface area contributed by atoms with E-state index in [4.69, 9.17) is 10.2 Å². The molecule has 0 saturated carbocycles. The molecule has 0 spiro atoms. The molecule has 9 heteroatoms. The van der Waals surface area contributed by atoms with Gasteiger partial charge in [0.15, 0.2) is 0 Å². The number of sulfonamides is 1. The largest absolute Gasteiger partial charge is 0.463 e. The molecule has 0 aliphatic heterocycles. The number of carbonyl (C=O) groups is 1. The van der Waals surface area contributed by atoms with E-state index in [1.165, 1.54) is 13.2 Å². The minimum atomic E-state index is -3.80. The first-order chi connectivity index (χ1) is 8.27. The summed E-state index contributed by atoms with van der Waals surface area (Å²) in [5.41, 5.74) is 5.84. The van der Waals surface area contributed by atoms with Crippen LogP contribution in [0.4, 0.5) is 0 Å². The number of esters is 1. The number of halogens is 1. The van der Waals surface area contributed by atoms with Crippen molar-refractivity contribution in [1.29, 1.82) is 0 Å². The standard InChI is InChI=1S/C10H16N2O5S.ClH/c1-6-4-8(17-9(6)10(13)16-3)18(14,15)12-5-7(2)11;/h4,7,12H,5,11H2,1-3H3;1H. The first-order valence-corrected chi connectivity index (χ1v) is 6.70. The minimum absolute atomic E-state index is 0. The number of carbonyl (C=O) groups excluding carboxylic acids is 1. The van der Waals surface area contributed by atoms with Crippen LogP contribution in [0.3, 0.4) is 0 Å². The molecule has 0 saturated heterocycles. The van der Waals surface area contributed by atoms with E-state index in [1.54, 1.807) is 13.8 Å². The lowest BCUT2D eigenvalue weighted by atomic mass is 10.3. The van der Waals surface area contributed by atoms with Crippen LogP contribution in [0.15, 0.2) is 15.6 Å². The quantitative estimate of drug-likeness (QED) is 0.762. The average Bonchev–Trinajstić information content (AvgIpc) is 2.68. The van der Waals surface area contributed by atoms with Gasteiger partial charge in [0.05, 0.1) is 7.11 Å². The van der Waals surface area contributed by atoms with Crippen LogP contribution in [0.1, 0.15) is 23.0 Å². The van der Waals surface area contributed by atoms with E-state index >= 15 is 0 Å². The lowest BCUT2D eigenvalue weighted by Gasteiger charge is -2.06. The molecule has 1 aromatic heterocycles. The molecular weight excluding hydrogens is 296 g/mol. The molecule has 0 aliphatic rings. The van der Waals surface area contributed by atoms with Gasteiger partial charge >= 0.3 is 5.97 Å². The Morgan fingerprint density at radius 2 is 2.16 bits per heavy atom. The third kappa shape index (κ3) is 4.50. The van der Waals surface area contributed by atoms with Gasteiger partial charge in [0.2, 0.25) is 10.9 Å². The molecular formula is C10H17ClN2O5S. The predicted molar refractivity (Wildman–Crippen MR) is 70.9 cm³/mol. The minimum Gasteiger partial charge on any atom is -0.463 e. The van der Waals surface area contributed by atoms with Gasteiger partial charge in [0.1, 0.15) is 0 Å². The van der Waals surface area contributed by atoms with Crippen molar-refractivity contribution in [3.8, 4) is 0 Å². The number of nitrogens with one attached hydrogen (secondary N) is 1. The van der Waals surface area contributed by atoms with Crippen LogP contribution in [0, 0.1) is 6.92 Å². The van der Waals surface area contributed by atoms with Crippen molar-refractivity contribution in [2.24, 2.45) is 5.73 Å². The Labute approximate surface area is 117 Å². The van der Waals surface area contributed by atoms with Gasteiger partial charge in [-0.2, -0.15) is 0 Å². The van der Waals surface area contributed by atoms with Crippen LogP contribution in [0.25, 0.3) is 0 Å². The summed E-state index contributed by atoms with van der Waals surface area (Å²) in [6.07, 6.45) is 0. The van der Waals surface area contributed by atoms with Gasteiger partial charge in [0.25, 0.3) is 10.0 Å². The summed E-state index contributed by atoms with van der Waals surface area (Å²) < 4.78 is 35.3. The summed E-state index contributed by atoms with van der Waals surface area (Å²) in [4.78, 5) is 11.3. The molecule has 0 radical (unpaired) electrons. The summed E-state index contributed by atoms with van der Waals surface area (Å²) in [6.45, 7) is 3.30. The predicted octanol–water partition coefficient (Wildman–Crippen LogP) is 0.422. The molecule has 1 unspecified atom stereocenters. The second-order valence-electron chi connectivity index (χ2n) is 3.90. The van der Waals surface area contributed by atoms with Gasteiger partial charge in [-0.05, 0) is 13.8 Å². The summed E-state index contributed by atoms with van der Waals surface area (Å²) in [5.74, 6) is -0.847. The van der Waals surface area contributed by atoms with Gasteiger partial charge in [0, 0.05) is 24.2 Å². The Kier molecular flexibility index (Phi) is 6.50. The van der Waals surface area contributed by atoms with Crippen LogP contribution < -0.4 is 10.5 Å². The molecule has 0 fully saturated rings. The van der Waals surface area contributed by atoms with Crippen LogP contribution >= 0.6 is 12.4 Å². The summed E-state index contributed by atoms with van der Waals surface area (Å²) in [6, 6.07) is 0.936. The molecule has 0 aliphatic carbocycles. The first kappa shape index (κ1) is 17.9. The van der Waals surface area contributed by atoms with Gasteiger partial charge in [-0.15, -0.1) is 12.4 Å². The molecule has 7 nitrogen and oxygen atoms in total. The number of ether oxygens (including phenoxy) is 1. The average molecular weight is 313 g/mol. The number of aryl methyl sites for hydroxylation is 1. The summed E-state index contributed by atoms with van der Waals surface area (Å²) in [7, 11) is -2.62. The zero-order valence-electron chi connectivity index (χ0n) is 10.8. The fourth-order valence-electron chi connectivity index (χ4n) is 1.19. The lowest BCUT2D eigenvalue weighted by molar-refractivity contribution is 0.0558. The molecule has 0 bridgehead atoms. The van der Waals surface area contributed by atoms with Crippen molar-refractivity contribution in [3.63, 3.8) is 0 Å². The molecule has 3 N–H and O–H groups in total. The molecule has 110 valence electrons. The highest BCUT2D eigenvalue weighted by Crippen LogP contribution is 2.19. The van der Waals surface area contributed by atoms with E-state index in [0.29, 0.717) is 5.56 Å². The SMILES string of the molecule is COC(=O)c1oc(S(=O)(=O)NCC(C)N)cc1C.Cl. The number of hydrogen-bond donors (Lipinski definition) is 2. The number of furan rings is 1. The Morgan fingerprint density at radius 1 is 1.58 bits per heavy atom. The van der Waals surface area contributed by atoms with Gasteiger partial charge < -0.3 is 14.9 Å². The molecule has 19 heavy (non-hydrogen) atoms. The van der Waals surface area contributed by atoms with E-state index < -0.39 is 16.0 Å². The monoisotopic (exact) mass is 312 g/mol. The van der Waals surface area contributed by atoms with Gasteiger partial charge in [-0.1, -0.05) is 0 Å². The topological polar surface area (TPSA) is 112 Å². The molecule has 0 aromatic carbocycles. The Balaban J connectivity index is 0.00000324. The summed E-state index contributed by atoms with van der Waals surface area (Å²) >= 11 is 0. The maximum absolute atomic E-state index is 11.8. The van der Waals surface area contributed by atoms with E-state index in [-0.39, 0.29) is 35.8 Å². The normalized spacial score (nSPS) is 12.6. The Bertz CT molecular complexity index is 538. The van der Waals surface area contributed by atoms with E-state index in [0.717, 1.165) is 0 Å². The second-order valence-corrected chi connectivity index (χ2v) is 5.60. The third-order valence-electron chi connectivity index (χ3n) is 2.13. The Morgan fingerprint density at radius 3 is 2.63 bits per heavy atom. The summed E-state index contributed by atoms with van der Waals surface area (Å²) in [5, 5.41) is -0.332. The van der Waals surface area contributed by atoms with Crippen molar-refractivity contribution in [3.05, 3.63) is 17.4 Å². The number of nitrogens with two attached hydrogens (primary N) is 1. The van der Waals surface area contributed by atoms with Gasteiger partial charge in [-0.3, -0.25) is 0 Å². The van der Waals surface area contributed by atoms with E-state index in [9.17, 15) is 13.2 Å². The molecule has 0 amide bonds. The van der Waals surface area contributed by atoms with Crippen molar-refractivity contribution < 1.29 is 22.4 Å². The van der Waals surface area contributed by atoms with Gasteiger partial charge in [-0.25, -0.2) is 17.9 Å². The molecule has 1 atom stereocenters. The fraction of sp³-hybridized carbons (Fsp3) is 0.500. The van der Waals surface area contributed by atoms with Crippen molar-refractivity contribution >= 4 is 28.4 Å². The Hall–Kier alpha value is -1.09. The number of hydrogen-bond acceptors (Lipinski definition) is 6. The molecule has 1 heterocycles. The van der Waals surface area contributed by atoms with E-state index in [2.05, 4.69) is 9.46 Å². The van der Waals surface area contributed by atoms with E-state index in [1.807, 2.05) is 0 Å². The zero-order chi connectivity index (χ0) is 13.9. The lowest BCUT2D eigenvalue weighted by Crippen LogP contribution is -2.35. The van der Waals surface area contributed by atoms with Crippen molar-refractivity contribution in [2.75, 3.05) is 13.7 Å². The van der Waals surface area contributed by atoms with Crippen molar-refractivity contribution in [2.45, 2.75) is 25.0 Å². The van der Waals surface area contributed by atoms with Crippen LogP contribution in [0.2, 0.25) is 0 Å². The fourth-order valence-corrected chi connectivity index (χ4v) is 2.34. The third-order valence-corrected chi connectivity index (χ3v) is 3.40.